The van der Waals surface area contributed by atoms with Gasteiger partial charge in [0.25, 0.3) is 0 Å². The van der Waals surface area contributed by atoms with Gasteiger partial charge in [-0.1, -0.05) is 121 Å². The molecule has 136 valence electrons. The minimum absolute atomic E-state index is 0.737. The smallest absolute Gasteiger partial charge is 0.105 e. The molecule has 0 aromatic heterocycles. The van der Waals surface area contributed by atoms with Crippen molar-refractivity contribution < 1.29 is 5.11 Å². The molecule has 4 aromatic rings. The second-order valence-electron chi connectivity index (χ2n) is 6.70. The van der Waals surface area contributed by atoms with Crippen molar-refractivity contribution in [2.75, 3.05) is 0 Å². The maximum atomic E-state index is 11.5. The van der Waals surface area contributed by atoms with E-state index in [-0.39, 0.29) is 0 Å². The van der Waals surface area contributed by atoms with Gasteiger partial charge in [-0.15, -0.1) is 0 Å². The molecular formula is C27H22O. The van der Waals surface area contributed by atoms with Gasteiger partial charge in [-0.25, -0.2) is 0 Å². The normalized spacial score (nSPS) is 11.6. The number of aliphatic hydroxyl groups excluding tert-OH is 1. The lowest BCUT2D eigenvalue weighted by molar-refractivity contribution is 0.238. The van der Waals surface area contributed by atoms with Gasteiger partial charge in [-0.3, -0.25) is 0 Å². The highest BCUT2D eigenvalue weighted by molar-refractivity contribution is 6.00. The molecule has 0 bridgehead atoms. The molecule has 0 saturated heterocycles. The van der Waals surface area contributed by atoms with Crippen molar-refractivity contribution >= 4 is 11.1 Å². The molecule has 0 fully saturated rings. The van der Waals surface area contributed by atoms with E-state index in [0.717, 1.165) is 33.4 Å². The van der Waals surface area contributed by atoms with E-state index in [1.165, 1.54) is 0 Å². The van der Waals surface area contributed by atoms with Gasteiger partial charge in [-0.05, 0) is 27.8 Å². The molecule has 1 unspecified atom stereocenters. The predicted molar refractivity (Wildman–Crippen MR) is 117 cm³/mol. The Morgan fingerprint density at radius 2 is 0.821 bits per heavy atom. The van der Waals surface area contributed by atoms with Crippen molar-refractivity contribution in [3.05, 3.63) is 144 Å². The Labute approximate surface area is 166 Å². The summed E-state index contributed by atoms with van der Waals surface area (Å²) in [5, 5.41) is 11.5. The Bertz CT molecular complexity index is 995. The van der Waals surface area contributed by atoms with E-state index in [0.29, 0.717) is 0 Å². The summed E-state index contributed by atoms with van der Waals surface area (Å²) in [5.74, 6) is 0. The van der Waals surface area contributed by atoms with E-state index in [1.807, 2.05) is 84.9 Å². The summed E-state index contributed by atoms with van der Waals surface area (Å²) in [6.45, 7) is 0. The summed E-state index contributed by atoms with van der Waals surface area (Å²) < 4.78 is 0. The SMILES string of the molecule is OC(C(=C(c1ccccc1)c1ccccc1)c1ccccc1)c1ccccc1. The van der Waals surface area contributed by atoms with Crippen molar-refractivity contribution in [2.45, 2.75) is 6.10 Å². The molecule has 4 rings (SSSR count). The van der Waals surface area contributed by atoms with E-state index in [9.17, 15) is 5.11 Å². The molecule has 0 aliphatic heterocycles. The predicted octanol–water partition coefficient (Wildman–Crippen LogP) is 6.38. The van der Waals surface area contributed by atoms with Crippen LogP contribution in [0, 0.1) is 0 Å². The molecular weight excluding hydrogens is 340 g/mol. The van der Waals surface area contributed by atoms with Crippen LogP contribution in [0.5, 0.6) is 0 Å². The second kappa shape index (κ2) is 8.51. The fourth-order valence-corrected chi connectivity index (χ4v) is 3.55. The van der Waals surface area contributed by atoms with E-state index in [4.69, 9.17) is 0 Å². The Morgan fingerprint density at radius 3 is 1.25 bits per heavy atom. The van der Waals surface area contributed by atoms with E-state index >= 15 is 0 Å². The molecule has 4 aromatic carbocycles. The van der Waals surface area contributed by atoms with Crippen LogP contribution in [-0.4, -0.2) is 5.11 Å². The van der Waals surface area contributed by atoms with Crippen LogP contribution in [0.2, 0.25) is 0 Å². The Hall–Kier alpha value is -3.42. The number of aliphatic hydroxyl groups is 1. The van der Waals surface area contributed by atoms with Gasteiger partial charge < -0.3 is 5.11 Å². The molecule has 0 radical (unpaired) electrons. The van der Waals surface area contributed by atoms with E-state index < -0.39 is 6.10 Å². The zero-order chi connectivity index (χ0) is 19.2. The highest BCUT2D eigenvalue weighted by atomic mass is 16.3. The first-order chi connectivity index (χ1) is 13.8. The number of rotatable bonds is 5. The minimum Gasteiger partial charge on any atom is -0.384 e. The molecule has 1 nitrogen and oxygen atoms in total. The fraction of sp³-hybridized carbons (Fsp3) is 0.0370. The first kappa shape index (κ1) is 18.0. The zero-order valence-electron chi connectivity index (χ0n) is 15.6. The van der Waals surface area contributed by atoms with Crippen molar-refractivity contribution in [3.63, 3.8) is 0 Å². The van der Waals surface area contributed by atoms with Crippen LogP contribution in [0.25, 0.3) is 11.1 Å². The highest BCUT2D eigenvalue weighted by Crippen LogP contribution is 2.39. The van der Waals surface area contributed by atoms with Crippen molar-refractivity contribution in [3.8, 4) is 0 Å². The lowest BCUT2D eigenvalue weighted by atomic mass is 9.85. The van der Waals surface area contributed by atoms with Gasteiger partial charge >= 0.3 is 0 Å². The summed E-state index contributed by atoms with van der Waals surface area (Å²) in [7, 11) is 0. The molecule has 1 N–H and O–H groups in total. The van der Waals surface area contributed by atoms with Crippen LogP contribution in [0.15, 0.2) is 121 Å². The zero-order valence-corrected chi connectivity index (χ0v) is 15.6. The number of hydrogen-bond donors (Lipinski definition) is 1. The quantitative estimate of drug-likeness (QED) is 0.408. The molecule has 1 heteroatoms. The summed E-state index contributed by atoms with van der Waals surface area (Å²) in [6.07, 6.45) is -0.737. The topological polar surface area (TPSA) is 20.2 Å². The number of benzene rings is 4. The van der Waals surface area contributed by atoms with Crippen LogP contribution in [-0.2, 0) is 0 Å². The molecule has 0 spiro atoms. The second-order valence-corrected chi connectivity index (χ2v) is 6.70. The van der Waals surface area contributed by atoms with Crippen LogP contribution in [0.4, 0.5) is 0 Å². The van der Waals surface area contributed by atoms with Crippen LogP contribution < -0.4 is 0 Å². The first-order valence-electron chi connectivity index (χ1n) is 9.48. The standard InChI is InChI=1S/C27H22O/c28-27(24-19-11-4-12-20-24)26(23-17-9-3-10-18-23)25(21-13-5-1-6-14-21)22-15-7-2-8-16-22/h1-20,27-28H. The van der Waals surface area contributed by atoms with Gasteiger partial charge in [0.15, 0.2) is 0 Å². The van der Waals surface area contributed by atoms with Crippen LogP contribution in [0.3, 0.4) is 0 Å². The van der Waals surface area contributed by atoms with Gasteiger partial charge in [0.1, 0.15) is 6.10 Å². The third-order valence-corrected chi connectivity index (χ3v) is 4.87. The average molecular weight is 362 g/mol. The largest absolute Gasteiger partial charge is 0.384 e. The maximum absolute atomic E-state index is 11.5. The van der Waals surface area contributed by atoms with E-state index in [1.54, 1.807) is 0 Å². The van der Waals surface area contributed by atoms with E-state index in [2.05, 4.69) is 36.4 Å². The third kappa shape index (κ3) is 3.80. The molecule has 0 heterocycles. The Balaban J connectivity index is 2.03. The molecule has 0 aliphatic carbocycles. The number of hydrogen-bond acceptors (Lipinski definition) is 1. The molecule has 0 aliphatic rings. The van der Waals surface area contributed by atoms with Gasteiger partial charge in [-0.2, -0.15) is 0 Å². The van der Waals surface area contributed by atoms with Crippen LogP contribution in [0.1, 0.15) is 28.4 Å². The summed E-state index contributed by atoms with van der Waals surface area (Å²) in [5.41, 5.74) is 6.02. The molecule has 0 saturated carbocycles. The maximum Gasteiger partial charge on any atom is 0.105 e. The summed E-state index contributed by atoms with van der Waals surface area (Å²) in [4.78, 5) is 0. The highest BCUT2D eigenvalue weighted by Gasteiger charge is 2.21. The summed E-state index contributed by atoms with van der Waals surface area (Å²) in [6, 6.07) is 40.6. The van der Waals surface area contributed by atoms with Gasteiger partial charge in [0, 0.05) is 5.57 Å². The fourth-order valence-electron chi connectivity index (χ4n) is 3.55. The average Bonchev–Trinajstić information content (AvgIpc) is 2.79. The lowest BCUT2D eigenvalue weighted by Crippen LogP contribution is -2.05. The monoisotopic (exact) mass is 362 g/mol. The minimum atomic E-state index is -0.737. The Kier molecular flexibility index (Phi) is 5.46. The summed E-state index contributed by atoms with van der Waals surface area (Å²) >= 11 is 0. The van der Waals surface area contributed by atoms with Crippen molar-refractivity contribution in [1.29, 1.82) is 0 Å². The Morgan fingerprint density at radius 1 is 0.464 bits per heavy atom. The van der Waals surface area contributed by atoms with Gasteiger partial charge in [0.2, 0.25) is 0 Å². The molecule has 0 amide bonds. The third-order valence-electron chi connectivity index (χ3n) is 4.87. The molecule has 1 atom stereocenters. The van der Waals surface area contributed by atoms with Crippen molar-refractivity contribution in [2.24, 2.45) is 0 Å². The van der Waals surface area contributed by atoms with Gasteiger partial charge in [0.05, 0.1) is 0 Å². The molecule has 28 heavy (non-hydrogen) atoms. The lowest BCUT2D eigenvalue weighted by Gasteiger charge is -2.22. The first-order valence-corrected chi connectivity index (χ1v) is 9.48. The van der Waals surface area contributed by atoms with Crippen LogP contribution >= 0.6 is 0 Å². The van der Waals surface area contributed by atoms with Crippen molar-refractivity contribution in [1.82, 2.24) is 0 Å².